The lowest BCUT2D eigenvalue weighted by Gasteiger charge is -2.12. The number of carbonyl (C=O) groups is 1. The fraction of sp³-hybridized carbons (Fsp3) is 0.417. The van der Waals surface area contributed by atoms with Crippen LogP contribution in [0.3, 0.4) is 0 Å². The van der Waals surface area contributed by atoms with Gasteiger partial charge in [-0.15, -0.1) is 0 Å². The second kappa shape index (κ2) is 7.79. The summed E-state index contributed by atoms with van der Waals surface area (Å²) in [6.07, 6.45) is 0. The van der Waals surface area contributed by atoms with Gasteiger partial charge in [0.15, 0.2) is 0 Å². The third-order valence-electron chi connectivity index (χ3n) is 2.12. The van der Waals surface area contributed by atoms with Crippen LogP contribution < -0.4 is 15.4 Å². The van der Waals surface area contributed by atoms with Gasteiger partial charge in [0.2, 0.25) is 0 Å². The molecule has 0 aromatic heterocycles. The molecule has 3 N–H and O–H groups in total. The van der Waals surface area contributed by atoms with Gasteiger partial charge in [-0.3, -0.25) is 0 Å². The number of ether oxygens (including phenoxy) is 1. The van der Waals surface area contributed by atoms with Gasteiger partial charge in [-0.1, -0.05) is 11.6 Å². The Morgan fingerprint density at radius 1 is 1.44 bits per heavy atom. The van der Waals surface area contributed by atoms with Gasteiger partial charge in [0, 0.05) is 5.02 Å². The molecule has 0 heterocycles. The van der Waals surface area contributed by atoms with Gasteiger partial charge in [0.05, 0.1) is 19.2 Å². The SMILES string of the molecule is CC(CO)NC(=O)NCCOc1ccc(Cl)cc1. The first-order valence-corrected chi connectivity index (χ1v) is 6.03. The molecule has 0 spiro atoms. The average molecular weight is 273 g/mol. The highest BCUT2D eigenvalue weighted by Gasteiger charge is 2.04. The molecule has 18 heavy (non-hydrogen) atoms. The zero-order valence-electron chi connectivity index (χ0n) is 10.1. The van der Waals surface area contributed by atoms with Crippen LogP contribution in [0.15, 0.2) is 24.3 Å². The molecule has 100 valence electrons. The lowest BCUT2D eigenvalue weighted by molar-refractivity contribution is 0.218. The van der Waals surface area contributed by atoms with E-state index < -0.39 is 0 Å². The molecule has 0 aliphatic rings. The molecule has 5 nitrogen and oxygen atoms in total. The van der Waals surface area contributed by atoms with Crippen molar-refractivity contribution in [2.75, 3.05) is 19.8 Å². The van der Waals surface area contributed by atoms with E-state index in [1.165, 1.54) is 0 Å². The monoisotopic (exact) mass is 272 g/mol. The van der Waals surface area contributed by atoms with Crippen molar-refractivity contribution in [2.24, 2.45) is 0 Å². The van der Waals surface area contributed by atoms with E-state index in [0.717, 1.165) is 0 Å². The second-order valence-corrected chi connectivity index (χ2v) is 4.22. The summed E-state index contributed by atoms with van der Waals surface area (Å²) in [7, 11) is 0. The number of hydrogen-bond acceptors (Lipinski definition) is 3. The molecule has 1 rings (SSSR count). The lowest BCUT2D eigenvalue weighted by Crippen LogP contribution is -2.43. The fourth-order valence-electron chi connectivity index (χ4n) is 1.18. The van der Waals surface area contributed by atoms with Crippen molar-refractivity contribution in [3.8, 4) is 5.75 Å². The maximum absolute atomic E-state index is 11.3. The van der Waals surface area contributed by atoms with Gasteiger partial charge in [-0.2, -0.15) is 0 Å². The Morgan fingerprint density at radius 3 is 2.72 bits per heavy atom. The van der Waals surface area contributed by atoms with Crippen molar-refractivity contribution < 1.29 is 14.6 Å². The molecule has 0 aliphatic heterocycles. The molecule has 0 radical (unpaired) electrons. The minimum Gasteiger partial charge on any atom is -0.492 e. The number of hydrogen-bond donors (Lipinski definition) is 3. The van der Waals surface area contributed by atoms with Crippen LogP contribution >= 0.6 is 11.6 Å². The Balaban J connectivity index is 2.15. The second-order valence-electron chi connectivity index (χ2n) is 3.79. The van der Waals surface area contributed by atoms with Crippen molar-refractivity contribution in [3.63, 3.8) is 0 Å². The van der Waals surface area contributed by atoms with E-state index in [0.29, 0.717) is 23.9 Å². The number of benzene rings is 1. The van der Waals surface area contributed by atoms with E-state index in [9.17, 15) is 4.79 Å². The molecule has 0 aliphatic carbocycles. The number of urea groups is 1. The Bertz CT molecular complexity index is 370. The first-order valence-electron chi connectivity index (χ1n) is 5.65. The normalized spacial score (nSPS) is 11.7. The molecule has 0 saturated heterocycles. The van der Waals surface area contributed by atoms with E-state index in [1.54, 1.807) is 31.2 Å². The zero-order valence-corrected chi connectivity index (χ0v) is 10.9. The molecule has 1 aromatic rings. The van der Waals surface area contributed by atoms with Crippen LogP contribution in [0.2, 0.25) is 5.02 Å². The summed E-state index contributed by atoms with van der Waals surface area (Å²) in [6, 6.07) is 6.41. The summed E-state index contributed by atoms with van der Waals surface area (Å²) in [6.45, 7) is 2.37. The van der Waals surface area contributed by atoms with Gasteiger partial charge in [0.25, 0.3) is 0 Å². The summed E-state index contributed by atoms with van der Waals surface area (Å²) in [5.41, 5.74) is 0. The van der Waals surface area contributed by atoms with Crippen molar-refractivity contribution in [3.05, 3.63) is 29.3 Å². The highest BCUT2D eigenvalue weighted by atomic mass is 35.5. The predicted molar refractivity (Wildman–Crippen MR) is 70.0 cm³/mol. The lowest BCUT2D eigenvalue weighted by atomic mass is 10.3. The summed E-state index contributed by atoms with van der Waals surface area (Å²) in [4.78, 5) is 11.3. The predicted octanol–water partition coefficient (Wildman–Crippen LogP) is 1.40. The van der Waals surface area contributed by atoms with Gasteiger partial charge >= 0.3 is 6.03 Å². The van der Waals surface area contributed by atoms with Crippen LogP contribution in [0.1, 0.15) is 6.92 Å². The van der Waals surface area contributed by atoms with Gasteiger partial charge in [-0.05, 0) is 31.2 Å². The van der Waals surface area contributed by atoms with Crippen LogP contribution in [0.4, 0.5) is 4.79 Å². The number of halogens is 1. The molecular weight excluding hydrogens is 256 g/mol. The molecule has 1 unspecified atom stereocenters. The Morgan fingerprint density at radius 2 is 2.11 bits per heavy atom. The van der Waals surface area contributed by atoms with E-state index in [2.05, 4.69) is 10.6 Å². The number of carbonyl (C=O) groups excluding carboxylic acids is 1. The van der Waals surface area contributed by atoms with E-state index in [4.69, 9.17) is 21.4 Å². The van der Waals surface area contributed by atoms with Crippen LogP contribution in [-0.2, 0) is 0 Å². The van der Waals surface area contributed by atoms with Crippen molar-refractivity contribution in [2.45, 2.75) is 13.0 Å². The van der Waals surface area contributed by atoms with E-state index in [-0.39, 0.29) is 18.7 Å². The highest BCUT2D eigenvalue weighted by molar-refractivity contribution is 6.30. The van der Waals surface area contributed by atoms with Crippen LogP contribution in [-0.4, -0.2) is 36.9 Å². The van der Waals surface area contributed by atoms with Crippen molar-refractivity contribution in [1.82, 2.24) is 10.6 Å². The van der Waals surface area contributed by atoms with Gasteiger partial charge in [-0.25, -0.2) is 4.79 Å². The maximum Gasteiger partial charge on any atom is 0.315 e. The van der Waals surface area contributed by atoms with E-state index >= 15 is 0 Å². The number of nitrogens with one attached hydrogen (secondary N) is 2. The van der Waals surface area contributed by atoms with Gasteiger partial charge in [0.1, 0.15) is 12.4 Å². The third kappa shape index (κ3) is 5.75. The van der Waals surface area contributed by atoms with Crippen LogP contribution in [0.5, 0.6) is 5.75 Å². The quantitative estimate of drug-likeness (QED) is 0.686. The van der Waals surface area contributed by atoms with Gasteiger partial charge < -0.3 is 20.5 Å². The molecule has 0 saturated carbocycles. The first-order chi connectivity index (χ1) is 8.61. The maximum atomic E-state index is 11.3. The summed E-state index contributed by atoms with van der Waals surface area (Å²) in [5, 5.41) is 14.6. The van der Waals surface area contributed by atoms with E-state index in [1.807, 2.05) is 0 Å². The minimum absolute atomic E-state index is 0.0886. The molecular formula is C12H17ClN2O3. The molecule has 6 heteroatoms. The summed E-state index contributed by atoms with van der Waals surface area (Å²) < 4.78 is 5.39. The molecule has 0 bridgehead atoms. The molecule has 1 aromatic carbocycles. The number of aliphatic hydroxyl groups is 1. The molecule has 2 amide bonds. The number of amides is 2. The van der Waals surface area contributed by atoms with Crippen molar-refractivity contribution >= 4 is 17.6 Å². The Hall–Kier alpha value is -1.46. The number of aliphatic hydroxyl groups excluding tert-OH is 1. The average Bonchev–Trinajstić information content (AvgIpc) is 2.36. The summed E-state index contributed by atoms with van der Waals surface area (Å²) in [5.74, 6) is 0.699. The largest absolute Gasteiger partial charge is 0.492 e. The fourth-order valence-corrected chi connectivity index (χ4v) is 1.31. The number of rotatable bonds is 6. The third-order valence-corrected chi connectivity index (χ3v) is 2.37. The topological polar surface area (TPSA) is 70.6 Å². The highest BCUT2D eigenvalue weighted by Crippen LogP contribution is 2.14. The minimum atomic E-state index is -0.323. The first kappa shape index (κ1) is 14.6. The summed E-state index contributed by atoms with van der Waals surface area (Å²) >= 11 is 5.74. The van der Waals surface area contributed by atoms with Crippen molar-refractivity contribution in [1.29, 1.82) is 0 Å². The Kier molecular flexibility index (Phi) is 6.32. The van der Waals surface area contributed by atoms with Crippen LogP contribution in [0.25, 0.3) is 0 Å². The molecule has 0 fully saturated rings. The standard InChI is InChI=1S/C12H17ClN2O3/c1-9(8-16)15-12(17)14-6-7-18-11-4-2-10(13)3-5-11/h2-5,9,16H,6-8H2,1H3,(H2,14,15,17). The van der Waals surface area contributed by atoms with Crippen LogP contribution in [0, 0.1) is 0 Å². The Labute approximate surface area is 111 Å². The zero-order chi connectivity index (χ0) is 13.4. The smallest absolute Gasteiger partial charge is 0.315 e. The molecule has 1 atom stereocenters.